The van der Waals surface area contributed by atoms with Crippen molar-refractivity contribution in [2.24, 2.45) is 0 Å². The van der Waals surface area contributed by atoms with Crippen LogP contribution in [-0.4, -0.2) is 74.3 Å². The van der Waals surface area contributed by atoms with Crippen LogP contribution >= 0.6 is 7.82 Å². The highest BCUT2D eigenvalue weighted by Gasteiger charge is 2.30. The van der Waals surface area contributed by atoms with E-state index in [-0.39, 0.29) is 31.5 Å². The Morgan fingerprint density at radius 1 is 0.404 bits per heavy atom. The minimum absolute atomic E-state index is 0.0324. The number of nitrogens with zero attached hydrogens (tertiary/aromatic N) is 1. The maximum atomic E-state index is 13.6. The minimum Gasteiger partial charge on any atom is -0.456 e. The molecule has 9 nitrogen and oxygen atoms in total. The number of rotatable bonds is 66. The van der Waals surface area contributed by atoms with Crippen LogP contribution in [-0.2, 0) is 27.9 Å². The molecular formula is C79H140N2O7P+. The van der Waals surface area contributed by atoms with E-state index in [9.17, 15) is 19.0 Å². The van der Waals surface area contributed by atoms with E-state index >= 15 is 0 Å². The van der Waals surface area contributed by atoms with Gasteiger partial charge in [-0.05, 0) is 122 Å². The predicted octanol–water partition coefficient (Wildman–Crippen LogP) is 23.8. The number of ether oxygens (including phenoxy) is 1. The molecule has 3 unspecified atom stereocenters. The molecule has 0 fully saturated rings. The van der Waals surface area contributed by atoms with Crippen LogP contribution in [0.4, 0.5) is 0 Å². The number of hydrogen-bond acceptors (Lipinski definition) is 6. The lowest BCUT2D eigenvalue weighted by Gasteiger charge is -2.27. The summed E-state index contributed by atoms with van der Waals surface area (Å²) in [5.41, 5.74) is 0. The largest absolute Gasteiger partial charge is 0.472 e. The molecule has 0 spiro atoms. The van der Waals surface area contributed by atoms with Gasteiger partial charge in [0.05, 0.1) is 33.8 Å². The summed E-state index contributed by atoms with van der Waals surface area (Å²) in [6.07, 6.45) is 95.0. The summed E-state index contributed by atoms with van der Waals surface area (Å²) in [5, 5.41) is 3.07. The number of unbranched alkanes of at least 4 members (excludes halogenated alkanes) is 32. The van der Waals surface area contributed by atoms with Crippen molar-refractivity contribution >= 4 is 19.7 Å². The average Bonchev–Trinajstić information content (AvgIpc) is 3.64. The molecule has 10 heteroatoms. The van der Waals surface area contributed by atoms with E-state index in [1.54, 1.807) is 0 Å². The van der Waals surface area contributed by atoms with Gasteiger partial charge >= 0.3 is 13.8 Å². The molecule has 0 bridgehead atoms. The van der Waals surface area contributed by atoms with Gasteiger partial charge in [0.15, 0.2) is 0 Å². The summed E-state index contributed by atoms with van der Waals surface area (Å²) in [6, 6.07) is -0.864. The normalized spacial score (nSPS) is 14.2. The van der Waals surface area contributed by atoms with E-state index in [1.165, 1.54) is 148 Å². The van der Waals surface area contributed by atoms with Crippen molar-refractivity contribution in [1.82, 2.24) is 5.32 Å². The molecule has 1 amide bonds. The second kappa shape index (κ2) is 67.3. The summed E-state index contributed by atoms with van der Waals surface area (Å²) in [7, 11) is 1.48. The van der Waals surface area contributed by atoms with Gasteiger partial charge in [0, 0.05) is 12.8 Å². The van der Waals surface area contributed by atoms with Crippen molar-refractivity contribution in [3.63, 3.8) is 0 Å². The Morgan fingerprint density at radius 3 is 1.10 bits per heavy atom. The van der Waals surface area contributed by atoms with E-state index in [1.807, 2.05) is 33.3 Å². The van der Waals surface area contributed by atoms with Gasteiger partial charge in [-0.2, -0.15) is 0 Å². The SMILES string of the molecule is CC/C=C\C/C=C\C/C=C\C/C=C\C/C=C\C/C=C\CCCCCCCCC(=O)OC(/C=C/CCCCCCCCCCC)C(COP(=O)(O)OCC[N+](C)(C)C)NC(=O)CCCCCCCCCCCCCCCC/C=C\C/C=C\C/C=C\CCCCC. The first-order chi connectivity index (χ1) is 43.4. The molecule has 3 atom stereocenters. The Bertz CT molecular complexity index is 1940. The standard InChI is InChI=1S/C79H139N2O7P/c1-7-10-13-16-19-22-25-27-29-31-33-35-37-39-40-42-43-45-47-49-51-53-56-59-62-65-68-71-78(82)80-76(75-87-89(84,85)86-74-73-81(4,5)6)77(70-67-64-61-58-55-24-21-18-15-12-9-3)88-79(83)72-69-66-63-60-57-54-52-50-48-46-44-41-38-36-34-32-30-28-26-23-20-17-14-11-8-2/h11,14,19-20,22-23,27-30,33-36,41,44,48,50,67,70,76-77H,7-10,12-13,15-18,21,24-26,31-32,37-40,42-43,45-47,49,51-66,68-69,71-75H2,1-6H3,(H-,80,82,84,85)/p+1/b14-11-,22-19-,23-20-,29-27-,30-28-,35-33-,36-34-,44-41-,50-48-,70-67+. The maximum absolute atomic E-state index is 13.6. The van der Waals surface area contributed by atoms with E-state index < -0.39 is 20.0 Å². The van der Waals surface area contributed by atoms with Crippen molar-refractivity contribution in [1.29, 1.82) is 0 Å². The van der Waals surface area contributed by atoms with Gasteiger partial charge in [-0.25, -0.2) is 4.57 Å². The highest BCUT2D eigenvalue weighted by molar-refractivity contribution is 7.47. The molecule has 0 aliphatic heterocycles. The highest BCUT2D eigenvalue weighted by atomic mass is 31.2. The van der Waals surface area contributed by atoms with Crippen LogP contribution in [0.1, 0.15) is 316 Å². The molecule has 0 radical (unpaired) electrons. The number of esters is 1. The van der Waals surface area contributed by atoms with Crippen LogP contribution in [0.15, 0.2) is 122 Å². The zero-order valence-electron chi connectivity index (χ0n) is 58.6. The molecule has 0 aliphatic rings. The number of nitrogens with one attached hydrogen (secondary N) is 1. The van der Waals surface area contributed by atoms with Gasteiger partial charge in [-0.15, -0.1) is 0 Å². The van der Waals surface area contributed by atoms with Gasteiger partial charge in [0.2, 0.25) is 5.91 Å². The number of carbonyl (C=O) groups is 2. The number of phosphoric acid groups is 1. The van der Waals surface area contributed by atoms with Gasteiger partial charge in [-0.1, -0.05) is 303 Å². The predicted molar refractivity (Wildman–Crippen MR) is 387 cm³/mol. The number of hydrogen-bond donors (Lipinski definition) is 2. The van der Waals surface area contributed by atoms with Gasteiger partial charge in [0.1, 0.15) is 19.3 Å². The monoisotopic (exact) mass is 1260 g/mol. The van der Waals surface area contributed by atoms with Crippen LogP contribution in [0.3, 0.4) is 0 Å². The maximum Gasteiger partial charge on any atom is 0.472 e. The first-order valence-electron chi connectivity index (χ1n) is 36.9. The number of amides is 1. The van der Waals surface area contributed by atoms with Gasteiger partial charge in [0.25, 0.3) is 0 Å². The molecule has 0 rings (SSSR count). The Morgan fingerprint density at radius 2 is 0.719 bits per heavy atom. The second-order valence-corrected chi connectivity index (χ2v) is 27.2. The summed E-state index contributed by atoms with van der Waals surface area (Å²) in [6.45, 7) is 6.87. The van der Waals surface area contributed by atoms with E-state index in [0.717, 1.165) is 135 Å². The third-order valence-corrected chi connectivity index (χ3v) is 16.9. The Kier molecular flexibility index (Phi) is 64.6. The summed E-state index contributed by atoms with van der Waals surface area (Å²) >= 11 is 0. The first kappa shape index (κ1) is 85.4. The lowest BCUT2D eigenvalue weighted by atomic mass is 10.0. The average molecular weight is 1260 g/mol. The summed E-state index contributed by atoms with van der Waals surface area (Å²) < 4.78 is 30.8. The number of likely N-dealkylation sites (N-methyl/N-ethyl adjacent to an activating group) is 1. The fraction of sp³-hybridized carbons (Fsp3) is 0.722. The van der Waals surface area contributed by atoms with E-state index in [0.29, 0.717) is 17.4 Å². The van der Waals surface area contributed by atoms with Crippen molar-refractivity contribution in [3.05, 3.63) is 122 Å². The van der Waals surface area contributed by atoms with Crippen LogP contribution in [0.2, 0.25) is 0 Å². The third kappa shape index (κ3) is 68.6. The molecule has 0 saturated heterocycles. The second-order valence-electron chi connectivity index (χ2n) is 25.7. The Balaban J connectivity index is 5.02. The topological polar surface area (TPSA) is 111 Å². The summed E-state index contributed by atoms with van der Waals surface area (Å²) in [5.74, 6) is -0.523. The molecule has 512 valence electrons. The molecule has 0 saturated carbocycles. The molecule has 89 heavy (non-hydrogen) atoms. The summed E-state index contributed by atoms with van der Waals surface area (Å²) in [4.78, 5) is 37.9. The zero-order valence-corrected chi connectivity index (χ0v) is 59.5. The first-order valence-corrected chi connectivity index (χ1v) is 38.4. The molecule has 2 N–H and O–H groups in total. The van der Waals surface area contributed by atoms with Crippen LogP contribution in [0, 0.1) is 0 Å². The lowest BCUT2D eigenvalue weighted by Crippen LogP contribution is -2.47. The molecule has 0 aromatic rings. The fourth-order valence-electron chi connectivity index (χ4n) is 10.2. The van der Waals surface area contributed by atoms with Crippen molar-refractivity contribution in [2.75, 3.05) is 40.9 Å². The smallest absolute Gasteiger partial charge is 0.456 e. The van der Waals surface area contributed by atoms with Crippen molar-refractivity contribution < 1.29 is 37.3 Å². The minimum atomic E-state index is -4.47. The van der Waals surface area contributed by atoms with Crippen LogP contribution in [0.25, 0.3) is 0 Å². The number of quaternary nitrogens is 1. The number of phosphoric ester groups is 1. The Hall–Kier alpha value is -3.59. The van der Waals surface area contributed by atoms with Crippen molar-refractivity contribution in [3.8, 4) is 0 Å². The van der Waals surface area contributed by atoms with E-state index in [2.05, 4.69) is 135 Å². The highest BCUT2D eigenvalue weighted by Crippen LogP contribution is 2.43. The molecule has 0 aromatic heterocycles. The Labute approximate surface area is 550 Å². The van der Waals surface area contributed by atoms with Crippen LogP contribution < -0.4 is 5.32 Å². The van der Waals surface area contributed by atoms with Gasteiger partial charge < -0.3 is 19.4 Å². The molecule has 0 aliphatic carbocycles. The quantitative estimate of drug-likeness (QED) is 0.0205. The zero-order chi connectivity index (χ0) is 64.9. The molecule has 0 heterocycles. The molecular weight excluding hydrogens is 1120 g/mol. The number of carbonyl (C=O) groups excluding carboxylic acids is 2. The number of allylic oxidation sites excluding steroid dienone is 19. The lowest BCUT2D eigenvalue weighted by molar-refractivity contribution is -0.870. The molecule has 0 aromatic carbocycles. The van der Waals surface area contributed by atoms with Gasteiger partial charge in [-0.3, -0.25) is 18.6 Å². The third-order valence-electron chi connectivity index (χ3n) is 15.9. The van der Waals surface area contributed by atoms with Crippen LogP contribution in [0.5, 0.6) is 0 Å². The fourth-order valence-corrected chi connectivity index (χ4v) is 11.0. The van der Waals surface area contributed by atoms with E-state index in [4.69, 9.17) is 13.8 Å². The van der Waals surface area contributed by atoms with Crippen molar-refractivity contribution in [2.45, 2.75) is 328 Å².